The summed E-state index contributed by atoms with van der Waals surface area (Å²) in [6, 6.07) is 0. The zero-order chi connectivity index (χ0) is 10.1. The van der Waals surface area contributed by atoms with Gasteiger partial charge >= 0.3 is 0 Å². The third-order valence-corrected chi connectivity index (χ3v) is 1.82. The van der Waals surface area contributed by atoms with E-state index in [4.69, 9.17) is 10.8 Å². The minimum absolute atomic E-state index is 0.0498. The number of aliphatic hydroxyl groups excluding tert-OH is 1. The molecule has 4 heteroatoms. The molecule has 0 aromatic heterocycles. The minimum Gasteiger partial charge on any atom is -0.396 e. The van der Waals surface area contributed by atoms with Crippen LogP contribution in [0.25, 0.3) is 0 Å². The van der Waals surface area contributed by atoms with E-state index in [-0.39, 0.29) is 18.4 Å². The number of amides is 1. The lowest BCUT2D eigenvalue weighted by Crippen LogP contribution is -2.29. The number of rotatable bonds is 7. The van der Waals surface area contributed by atoms with E-state index in [0.717, 1.165) is 12.8 Å². The molecule has 0 fully saturated rings. The van der Waals surface area contributed by atoms with E-state index >= 15 is 0 Å². The van der Waals surface area contributed by atoms with Crippen molar-refractivity contribution in [1.82, 2.24) is 5.32 Å². The van der Waals surface area contributed by atoms with Crippen molar-refractivity contribution in [3.63, 3.8) is 0 Å². The van der Waals surface area contributed by atoms with Gasteiger partial charge in [-0.05, 0) is 25.3 Å². The van der Waals surface area contributed by atoms with Crippen LogP contribution in [-0.4, -0.2) is 30.7 Å². The van der Waals surface area contributed by atoms with Crippen LogP contribution < -0.4 is 11.1 Å². The SMILES string of the molecule is CC(CO)CNC(=O)CCCCN. The highest BCUT2D eigenvalue weighted by molar-refractivity contribution is 5.75. The highest BCUT2D eigenvalue weighted by atomic mass is 16.3. The molecule has 0 aromatic carbocycles. The van der Waals surface area contributed by atoms with Crippen LogP contribution in [0.15, 0.2) is 0 Å². The Labute approximate surface area is 79.5 Å². The summed E-state index contributed by atoms with van der Waals surface area (Å²) in [5.41, 5.74) is 5.29. The quantitative estimate of drug-likeness (QED) is 0.487. The van der Waals surface area contributed by atoms with E-state index < -0.39 is 0 Å². The first-order chi connectivity index (χ1) is 6.20. The van der Waals surface area contributed by atoms with Gasteiger partial charge in [0, 0.05) is 19.6 Å². The molecule has 1 atom stereocenters. The third kappa shape index (κ3) is 7.74. The van der Waals surface area contributed by atoms with Gasteiger partial charge in [-0.3, -0.25) is 4.79 Å². The van der Waals surface area contributed by atoms with Gasteiger partial charge in [-0.25, -0.2) is 0 Å². The number of hydrogen-bond acceptors (Lipinski definition) is 3. The average molecular weight is 188 g/mol. The molecule has 4 N–H and O–H groups in total. The smallest absolute Gasteiger partial charge is 0.220 e. The molecule has 0 bridgehead atoms. The number of hydrogen-bond donors (Lipinski definition) is 3. The molecule has 0 aliphatic carbocycles. The Hall–Kier alpha value is -0.610. The van der Waals surface area contributed by atoms with Crippen LogP contribution in [0.4, 0.5) is 0 Å². The molecule has 0 saturated carbocycles. The molecule has 4 nitrogen and oxygen atoms in total. The summed E-state index contributed by atoms with van der Waals surface area (Å²) < 4.78 is 0. The predicted octanol–water partition coefficient (Wildman–Crippen LogP) is -0.140. The largest absolute Gasteiger partial charge is 0.396 e. The molecule has 0 saturated heterocycles. The van der Waals surface area contributed by atoms with Crippen molar-refractivity contribution < 1.29 is 9.90 Å². The fraction of sp³-hybridized carbons (Fsp3) is 0.889. The summed E-state index contributed by atoms with van der Waals surface area (Å²) in [5, 5.41) is 11.4. The van der Waals surface area contributed by atoms with Crippen molar-refractivity contribution in [2.45, 2.75) is 26.2 Å². The van der Waals surface area contributed by atoms with Crippen molar-refractivity contribution in [1.29, 1.82) is 0 Å². The third-order valence-electron chi connectivity index (χ3n) is 1.82. The van der Waals surface area contributed by atoms with E-state index in [9.17, 15) is 4.79 Å². The lowest BCUT2D eigenvalue weighted by molar-refractivity contribution is -0.121. The van der Waals surface area contributed by atoms with Gasteiger partial charge in [0.25, 0.3) is 0 Å². The molecule has 1 amide bonds. The highest BCUT2D eigenvalue weighted by Gasteiger charge is 2.03. The molecule has 0 radical (unpaired) electrons. The summed E-state index contributed by atoms with van der Waals surface area (Å²) >= 11 is 0. The van der Waals surface area contributed by atoms with Crippen molar-refractivity contribution in [3.8, 4) is 0 Å². The summed E-state index contributed by atoms with van der Waals surface area (Å²) in [6.07, 6.45) is 2.27. The van der Waals surface area contributed by atoms with Crippen LogP contribution in [0.5, 0.6) is 0 Å². The molecule has 0 aliphatic rings. The van der Waals surface area contributed by atoms with E-state index in [1.54, 1.807) is 0 Å². The van der Waals surface area contributed by atoms with E-state index in [1.165, 1.54) is 0 Å². The lowest BCUT2D eigenvalue weighted by atomic mass is 10.2. The summed E-state index contributed by atoms with van der Waals surface area (Å²) in [6.45, 7) is 3.20. The Morgan fingerprint density at radius 3 is 2.77 bits per heavy atom. The maximum Gasteiger partial charge on any atom is 0.220 e. The van der Waals surface area contributed by atoms with Crippen LogP contribution in [0, 0.1) is 5.92 Å². The molecule has 1 unspecified atom stereocenters. The Kier molecular flexibility index (Phi) is 7.63. The highest BCUT2D eigenvalue weighted by Crippen LogP contribution is 1.94. The standard InChI is InChI=1S/C9H20N2O2/c1-8(7-12)6-11-9(13)4-2-3-5-10/h8,12H,2-7,10H2,1H3,(H,11,13). The number of unbranched alkanes of at least 4 members (excludes halogenated alkanes) is 1. The molecule has 0 aromatic rings. The van der Waals surface area contributed by atoms with Crippen LogP contribution in [0.1, 0.15) is 26.2 Å². The first-order valence-electron chi connectivity index (χ1n) is 4.78. The van der Waals surface area contributed by atoms with Gasteiger partial charge < -0.3 is 16.2 Å². The first kappa shape index (κ1) is 12.4. The second-order valence-corrected chi connectivity index (χ2v) is 3.34. The topological polar surface area (TPSA) is 75.3 Å². The van der Waals surface area contributed by atoms with Crippen molar-refractivity contribution >= 4 is 5.91 Å². The van der Waals surface area contributed by atoms with E-state index in [2.05, 4.69) is 5.32 Å². The van der Waals surface area contributed by atoms with E-state index in [1.807, 2.05) is 6.92 Å². The van der Waals surface area contributed by atoms with Gasteiger partial charge in [-0.2, -0.15) is 0 Å². The van der Waals surface area contributed by atoms with Crippen LogP contribution in [-0.2, 0) is 4.79 Å². The Morgan fingerprint density at radius 2 is 2.23 bits per heavy atom. The molecular weight excluding hydrogens is 168 g/mol. The number of nitrogens with two attached hydrogens (primary N) is 1. The second kappa shape index (κ2) is 8.01. The first-order valence-corrected chi connectivity index (χ1v) is 4.78. The fourth-order valence-corrected chi connectivity index (χ4v) is 0.871. The Morgan fingerprint density at radius 1 is 1.54 bits per heavy atom. The normalized spacial score (nSPS) is 12.5. The molecular formula is C9H20N2O2. The van der Waals surface area contributed by atoms with Crippen molar-refractivity contribution in [2.75, 3.05) is 19.7 Å². The minimum atomic E-state index is 0.0498. The average Bonchev–Trinajstić information content (AvgIpc) is 2.14. The fourth-order valence-electron chi connectivity index (χ4n) is 0.871. The van der Waals surface area contributed by atoms with Gasteiger partial charge in [0.2, 0.25) is 5.91 Å². The zero-order valence-electron chi connectivity index (χ0n) is 8.25. The van der Waals surface area contributed by atoms with Crippen LogP contribution in [0.3, 0.4) is 0 Å². The maximum atomic E-state index is 11.1. The molecule has 13 heavy (non-hydrogen) atoms. The number of aliphatic hydroxyl groups is 1. The van der Waals surface area contributed by atoms with Crippen LogP contribution in [0.2, 0.25) is 0 Å². The molecule has 0 spiro atoms. The van der Waals surface area contributed by atoms with Gasteiger partial charge in [-0.1, -0.05) is 6.92 Å². The monoisotopic (exact) mass is 188 g/mol. The molecule has 78 valence electrons. The lowest BCUT2D eigenvalue weighted by Gasteiger charge is -2.09. The van der Waals surface area contributed by atoms with Gasteiger partial charge in [0.1, 0.15) is 0 Å². The number of carbonyl (C=O) groups is 1. The molecule has 0 rings (SSSR count). The van der Waals surface area contributed by atoms with Gasteiger partial charge in [-0.15, -0.1) is 0 Å². The Balaban J connectivity index is 3.30. The van der Waals surface area contributed by atoms with E-state index in [0.29, 0.717) is 19.5 Å². The van der Waals surface area contributed by atoms with Gasteiger partial charge in [0.15, 0.2) is 0 Å². The summed E-state index contributed by atoms with van der Waals surface area (Å²) in [7, 11) is 0. The number of nitrogens with one attached hydrogen (secondary N) is 1. The summed E-state index contributed by atoms with van der Waals surface area (Å²) in [5.74, 6) is 0.187. The van der Waals surface area contributed by atoms with Crippen molar-refractivity contribution in [3.05, 3.63) is 0 Å². The summed E-state index contributed by atoms with van der Waals surface area (Å²) in [4.78, 5) is 11.1. The molecule has 0 heterocycles. The second-order valence-electron chi connectivity index (χ2n) is 3.34. The number of carbonyl (C=O) groups excluding carboxylic acids is 1. The predicted molar refractivity (Wildman–Crippen MR) is 52.2 cm³/mol. The van der Waals surface area contributed by atoms with Crippen LogP contribution >= 0.6 is 0 Å². The van der Waals surface area contributed by atoms with Crippen molar-refractivity contribution in [2.24, 2.45) is 11.7 Å². The molecule has 0 aliphatic heterocycles. The maximum absolute atomic E-state index is 11.1. The Bertz CT molecular complexity index is 140. The zero-order valence-corrected chi connectivity index (χ0v) is 8.25. The van der Waals surface area contributed by atoms with Gasteiger partial charge in [0.05, 0.1) is 0 Å².